The van der Waals surface area contributed by atoms with E-state index in [2.05, 4.69) is 15.7 Å². The highest BCUT2D eigenvalue weighted by molar-refractivity contribution is 7.80. The van der Waals surface area contributed by atoms with E-state index in [0.29, 0.717) is 16.3 Å². The first-order valence-corrected chi connectivity index (χ1v) is 8.89. The fraction of sp³-hybridized carbons (Fsp3) is 0. The molecule has 4 aromatic rings. The van der Waals surface area contributed by atoms with Crippen molar-refractivity contribution in [1.29, 1.82) is 0 Å². The minimum atomic E-state index is -0.180. The zero-order valence-electron chi connectivity index (χ0n) is 14.3. The van der Waals surface area contributed by atoms with Crippen LogP contribution in [0.1, 0.15) is 0 Å². The molecule has 0 aliphatic rings. The number of hydrogen-bond donors (Lipinski definition) is 2. The van der Waals surface area contributed by atoms with Gasteiger partial charge in [-0.05, 0) is 48.6 Å². The number of hydrogen-bond acceptors (Lipinski definition) is 2. The molecule has 4 rings (SSSR count). The number of aromatic amines is 1. The van der Waals surface area contributed by atoms with Crippen molar-refractivity contribution in [3.05, 3.63) is 95.3 Å². The maximum Gasteiger partial charge on any atom is 0.369 e. The highest BCUT2D eigenvalue weighted by atomic mass is 32.1. The van der Waals surface area contributed by atoms with Gasteiger partial charge in [0.2, 0.25) is 5.11 Å². The lowest BCUT2D eigenvalue weighted by Crippen LogP contribution is -2.40. The lowest BCUT2D eigenvalue weighted by atomic mass is 10.2. The number of nitrogens with one attached hydrogen (secondary N) is 3. The van der Waals surface area contributed by atoms with Crippen LogP contribution in [-0.4, -0.2) is 9.79 Å². The molecule has 5 nitrogen and oxygen atoms in total. The van der Waals surface area contributed by atoms with E-state index < -0.39 is 0 Å². The van der Waals surface area contributed by atoms with Gasteiger partial charge in [0.15, 0.2) is 0 Å². The number of H-pyrrole nitrogens is 1. The van der Waals surface area contributed by atoms with Crippen LogP contribution in [0.3, 0.4) is 0 Å². The molecule has 132 valence electrons. The average molecular weight is 373 g/mol. The number of benzene rings is 3. The van der Waals surface area contributed by atoms with Crippen LogP contribution < -0.4 is 21.3 Å². The van der Waals surface area contributed by atoms with Crippen molar-refractivity contribution in [3.63, 3.8) is 0 Å². The number of nitrogens with zero attached hydrogens (tertiary/aromatic N) is 1. The second-order valence-corrected chi connectivity index (χ2v) is 6.37. The predicted octanol–water partition coefficient (Wildman–Crippen LogP) is 3.42. The molecule has 0 spiro atoms. The Labute approximate surface area is 161 Å². The number of thiocarbonyl (C=S) groups is 1. The van der Waals surface area contributed by atoms with E-state index in [4.69, 9.17) is 12.2 Å². The number of aromatic nitrogens is 2. The van der Waals surface area contributed by atoms with Gasteiger partial charge < -0.3 is 5.32 Å². The number of para-hydroxylation sites is 2. The van der Waals surface area contributed by atoms with Gasteiger partial charge in [-0.2, -0.15) is 5.43 Å². The molecule has 0 amide bonds. The number of rotatable bonds is 3. The van der Waals surface area contributed by atoms with Gasteiger partial charge in [0.25, 0.3) is 0 Å². The lowest BCUT2D eigenvalue weighted by molar-refractivity contribution is -0.337. The summed E-state index contributed by atoms with van der Waals surface area (Å²) in [5.41, 5.74) is 5.31. The van der Waals surface area contributed by atoms with Gasteiger partial charge in [-0.15, -0.1) is 0 Å². The van der Waals surface area contributed by atoms with E-state index in [1.807, 2.05) is 78.9 Å². The Morgan fingerprint density at radius 3 is 2.22 bits per heavy atom. The molecule has 0 saturated heterocycles. The van der Waals surface area contributed by atoms with Crippen LogP contribution in [0.25, 0.3) is 22.3 Å². The third kappa shape index (κ3) is 3.56. The van der Waals surface area contributed by atoms with Gasteiger partial charge in [-0.3, -0.25) is 0 Å². The first-order chi connectivity index (χ1) is 13.2. The van der Waals surface area contributed by atoms with E-state index in [1.165, 1.54) is 4.68 Å². The van der Waals surface area contributed by atoms with Crippen molar-refractivity contribution in [2.75, 3.05) is 10.7 Å². The van der Waals surface area contributed by atoms with Crippen molar-refractivity contribution in [2.24, 2.45) is 0 Å². The molecule has 0 unspecified atom stereocenters. The summed E-state index contributed by atoms with van der Waals surface area (Å²) in [4.78, 5) is 16.4. The van der Waals surface area contributed by atoms with E-state index in [-0.39, 0.29) is 5.56 Å². The Kier molecular flexibility index (Phi) is 4.63. The van der Waals surface area contributed by atoms with E-state index >= 15 is 0 Å². The van der Waals surface area contributed by atoms with Crippen LogP contribution in [0, 0.1) is 0 Å². The lowest BCUT2D eigenvalue weighted by Gasteiger charge is -2.11. The largest absolute Gasteiger partial charge is 0.369 e. The molecular formula is C21H17N4OS+. The van der Waals surface area contributed by atoms with Gasteiger partial charge >= 0.3 is 11.4 Å². The molecule has 0 saturated carbocycles. The first-order valence-electron chi connectivity index (χ1n) is 8.48. The fourth-order valence-corrected chi connectivity index (χ4v) is 3.08. The summed E-state index contributed by atoms with van der Waals surface area (Å²) in [5.74, 6) is 0.622. The molecule has 0 bridgehead atoms. The summed E-state index contributed by atoms with van der Waals surface area (Å²) in [6, 6.07) is 26.6. The van der Waals surface area contributed by atoms with Crippen LogP contribution in [0.5, 0.6) is 0 Å². The molecule has 1 aromatic heterocycles. The molecule has 1 heterocycles. The minimum Gasteiger partial charge on any atom is -0.330 e. The molecule has 27 heavy (non-hydrogen) atoms. The maximum absolute atomic E-state index is 13.1. The van der Waals surface area contributed by atoms with Gasteiger partial charge in [-0.1, -0.05) is 53.2 Å². The molecular weight excluding hydrogens is 356 g/mol. The van der Waals surface area contributed by atoms with Crippen LogP contribution in [-0.2, 0) is 0 Å². The zero-order valence-corrected chi connectivity index (χ0v) is 15.2. The third-order valence-corrected chi connectivity index (χ3v) is 4.32. The standard InChI is InChI=1S/C21H16N4OS/c26-20-17-13-7-8-14-18(17)23-19(15-9-3-1-4-10-15)25(20)24-21(27)22-16-11-5-2-6-12-16/h1-14H,(H2,22,24,27)/p+1. The van der Waals surface area contributed by atoms with Crippen molar-refractivity contribution < 1.29 is 4.98 Å². The van der Waals surface area contributed by atoms with E-state index in [1.54, 1.807) is 6.07 Å². The Hall–Kier alpha value is -3.51. The fourth-order valence-electron chi connectivity index (χ4n) is 2.87. The monoisotopic (exact) mass is 373 g/mol. The molecule has 3 N–H and O–H groups in total. The summed E-state index contributed by atoms with van der Waals surface area (Å²) in [7, 11) is 0. The Morgan fingerprint density at radius 2 is 1.48 bits per heavy atom. The third-order valence-electron chi connectivity index (χ3n) is 4.13. The smallest absolute Gasteiger partial charge is 0.330 e. The van der Waals surface area contributed by atoms with Crippen LogP contribution in [0.2, 0.25) is 0 Å². The molecule has 0 aliphatic heterocycles. The summed E-state index contributed by atoms with van der Waals surface area (Å²) in [6.45, 7) is 0. The van der Waals surface area contributed by atoms with Gasteiger partial charge in [0.1, 0.15) is 10.9 Å². The minimum absolute atomic E-state index is 0.180. The van der Waals surface area contributed by atoms with Crippen molar-refractivity contribution >= 4 is 33.9 Å². The van der Waals surface area contributed by atoms with Crippen LogP contribution in [0.15, 0.2) is 89.7 Å². The molecule has 0 radical (unpaired) electrons. The highest BCUT2D eigenvalue weighted by Gasteiger charge is 2.20. The normalized spacial score (nSPS) is 10.5. The zero-order chi connectivity index (χ0) is 18.6. The topological polar surface area (TPSA) is 60.2 Å². The Morgan fingerprint density at radius 1 is 0.852 bits per heavy atom. The van der Waals surface area contributed by atoms with Crippen LogP contribution in [0.4, 0.5) is 5.69 Å². The van der Waals surface area contributed by atoms with E-state index in [9.17, 15) is 4.79 Å². The molecule has 0 aliphatic carbocycles. The first kappa shape index (κ1) is 16.9. The quantitative estimate of drug-likeness (QED) is 0.540. The molecule has 0 atom stereocenters. The summed E-state index contributed by atoms with van der Waals surface area (Å²) < 4.78 is 1.44. The summed E-state index contributed by atoms with van der Waals surface area (Å²) in [5, 5.41) is 3.99. The van der Waals surface area contributed by atoms with Crippen molar-refractivity contribution in [3.8, 4) is 11.4 Å². The molecule has 3 aromatic carbocycles. The van der Waals surface area contributed by atoms with Gasteiger partial charge in [0.05, 0.1) is 5.56 Å². The van der Waals surface area contributed by atoms with Crippen LogP contribution >= 0.6 is 12.2 Å². The SMILES string of the molecule is O=c1c2ccccc2[nH+]c(-c2ccccc2)n1NC(=S)Nc1ccccc1. The van der Waals surface area contributed by atoms with E-state index in [0.717, 1.165) is 16.8 Å². The van der Waals surface area contributed by atoms with Gasteiger partial charge in [0, 0.05) is 5.69 Å². The molecule has 0 fully saturated rings. The summed E-state index contributed by atoms with van der Waals surface area (Å²) >= 11 is 5.41. The molecule has 6 heteroatoms. The second-order valence-electron chi connectivity index (χ2n) is 5.96. The average Bonchev–Trinajstić information content (AvgIpc) is 2.71. The Balaban J connectivity index is 1.79. The second kappa shape index (κ2) is 7.39. The number of fused-ring (bicyclic) bond motifs is 1. The Bertz CT molecular complexity index is 1160. The van der Waals surface area contributed by atoms with Crippen molar-refractivity contribution in [2.45, 2.75) is 0 Å². The number of anilines is 1. The van der Waals surface area contributed by atoms with Gasteiger partial charge in [-0.25, -0.2) is 9.78 Å². The predicted molar refractivity (Wildman–Crippen MR) is 112 cm³/mol. The maximum atomic E-state index is 13.1. The van der Waals surface area contributed by atoms with Crippen molar-refractivity contribution in [1.82, 2.24) is 4.68 Å². The highest BCUT2D eigenvalue weighted by Crippen LogP contribution is 2.14. The summed E-state index contributed by atoms with van der Waals surface area (Å²) in [6.07, 6.45) is 0.